The first-order valence-electron chi connectivity index (χ1n) is 8.56. The van der Waals surface area contributed by atoms with E-state index in [1.165, 1.54) is 6.20 Å². The van der Waals surface area contributed by atoms with Gasteiger partial charge in [0.15, 0.2) is 11.5 Å². The molecule has 0 fully saturated rings. The highest BCUT2D eigenvalue weighted by molar-refractivity contribution is 7.98. The highest BCUT2D eigenvalue weighted by atomic mass is 32.2. The maximum atomic E-state index is 12.5. The normalized spacial score (nSPS) is 11.9. The molecule has 0 aliphatic heterocycles. The largest absolute Gasteiger partial charge is 0.493 e. The minimum Gasteiger partial charge on any atom is -0.493 e. The summed E-state index contributed by atoms with van der Waals surface area (Å²) >= 11 is 1.62. The fourth-order valence-electron chi connectivity index (χ4n) is 2.50. The first-order valence-corrected chi connectivity index (χ1v) is 9.78. The third kappa shape index (κ3) is 5.44. The summed E-state index contributed by atoms with van der Waals surface area (Å²) in [4.78, 5) is 13.6. The molecule has 2 rings (SSSR count). The van der Waals surface area contributed by atoms with Gasteiger partial charge in [0.05, 0.1) is 20.3 Å². The van der Waals surface area contributed by atoms with E-state index < -0.39 is 5.91 Å². The maximum absolute atomic E-state index is 12.5. The van der Waals surface area contributed by atoms with Crippen LogP contribution in [0.25, 0.3) is 0 Å². The average molecular weight is 398 g/mol. The van der Waals surface area contributed by atoms with Crippen molar-refractivity contribution in [3.05, 3.63) is 59.8 Å². The second kappa shape index (κ2) is 10.3. The number of nitriles is 1. The Bertz CT molecular complexity index is 906. The monoisotopic (exact) mass is 397 g/mol. The van der Waals surface area contributed by atoms with E-state index in [1.807, 2.05) is 49.6 Å². The zero-order valence-electron chi connectivity index (χ0n) is 16.3. The Labute approximate surface area is 169 Å². The topological polar surface area (TPSA) is 83.4 Å². The van der Waals surface area contributed by atoms with Crippen LogP contribution in [-0.2, 0) is 4.79 Å². The molecule has 0 bridgehead atoms. The lowest BCUT2D eigenvalue weighted by Gasteiger charge is -2.16. The minimum atomic E-state index is -0.460. The Morgan fingerprint density at radius 2 is 1.93 bits per heavy atom. The zero-order valence-corrected chi connectivity index (χ0v) is 17.1. The molecule has 0 heterocycles. The van der Waals surface area contributed by atoms with Crippen molar-refractivity contribution in [3.8, 4) is 17.6 Å². The van der Waals surface area contributed by atoms with Gasteiger partial charge in [-0.25, -0.2) is 0 Å². The van der Waals surface area contributed by atoms with Crippen LogP contribution in [0.5, 0.6) is 11.5 Å². The van der Waals surface area contributed by atoms with Gasteiger partial charge >= 0.3 is 0 Å². The van der Waals surface area contributed by atoms with E-state index in [9.17, 15) is 10.1 Å². The van der Waals surface area contributed by atoms with Crippen molar-refractivity contribution in [2.75, 3.05) is 25.8 Å². The standard InChI is InChI=1S/C21H23N3O3S/c1-14(15-8-9-19(26-2)20(10-15)27-3)24-21(25)16(12-22)13-23-17-6-5-7-18(11-17)28-4/h5-11,13-14,23H,1-4H3,(H,24,25)/b16-13-. The molecular formula is C21H23N3O3S. The molecule has 0 saturated heterocycles. The lowest BCUT2D eigenvalue weighted by molar-refractivity contribution is -0.117. The van der Waals surface area contributed by atoms with Gasteiger partial charge < -0.3 is 20.1 Å². The van der Waals surface area contributed by atoms with Crippen molar-refractivity contribution in [1.82, 2.24) is 5.32 Å². The van der Waals surface area contributed by atoms with Crippen LogP contribution < -0.4 is 20.1 Å². The predicted molar refractivity (Wildman–Crippen MR) is 112 cm³/mol. The molecule has 0 spiro atoms. The second-order valence-electron chi connectivity index (χ2n) is 5.86. The van der Waals surface area contributed by atoms with E-state index in [0.29, 0.717) is 11.5 Å². The lowest BCUT2D eigenvalue weighted by Crippen LogP contribution is -2.28. The number of nitrogens with zero attached hydrogens (tertiary/aromatic N) is 1. The van der Waals surface area contributed by atoms with Crippen molar-refractivity contribution in [3.63, 3.8) is 0 Å². The van der Waals surface area contributed by atoms with Gasteiger partial charge in [0.1, 0.15) is 11.6 Å². The third-order valence-corrected chi connectivity index (χ3v) is 4.80. The number of nitrogens with one attached hydrogen (secondary N) is 2. The number of methoxy groups -OCH3 is 2. The van der Waals surface area contributed by atoms with Crippen molar-refractivity contribution in [1.29, 1.82) is 5.26 Å². The number of benzene rings is 2. The van der Waals surface area contributed by atoms with Gasteiger partial charge in [-0.2, -0.15) is 5.26 Å². The van der Waals surface area contributed by atoms with Crippen LogP contribution in [0.3, 0.4) is 0 Å². The summed E-state index contributed by atoms with van der Waals surface area (Å²) in [6.07, 6.45) is 3.40. The molecule has 146 valence electrons. The average Bonchev–Trinajstić information content (AvgIpc) is 2.73. The molecule has 1 atom stereocenters. The molecule has 2 N–H and O–H groups in total. The maximum Gasteiger partial charge on any atom is 0.263 e. The molecule has 7 heteroatoms. The number of carbonyl (C=O) groups excluding carboxylic acids is 1. The van der Waals surface area contributed by atoms with Crippen molar-refractivity contribution < 1.29 is 14.3 Å². The minimum absolute atomic E-state index is 0.0121. The fourth-order valence-corrected chi connectivity index (χ4v) is 2.96. The van der Waals surface area contributed by atoms with E-state index in [2.05, 4.69) is 10.6 Å². The number of carbonyl (C=O) groups is 1. The number of hydrogen-bond donors (Lipinski definition) is 2. The Morgan fingerprint density at radius 1 is 1.18 bits per heavy atom. The second-order valence-corrected chi connectivity index (χ2v) is 6.74. The number of ether oxygens (including phenoxy) is 2. The molecule has 0 aliphatic rings. The molecular weight excluding hydrogens is 374 g/mol. The summed E-state index contributed by atoms with van der Waals surface area (Å²) < 4.78 is 10.5. The molecule has 2 aromatic rings. The van der Waals surface area contributed by atoms with E-state index in [0.717, 1.165) is 16.1 Å². The SMILES string of the molecule is COc1ccc(C(C)NC(=O)/C(C#N)=C\Nc2cccc(SC)c2)cc1OC. The summed E-state index contributed by atoms with van der Waals surface area (Å²) in [7, 11) is 3.12. The Hall–Kier alpha value is -3.11. The van der Waals surface area contributed by atoms with E-state index in [-0.39, 0.29) is 11.6 Å². The first-order chi connectivity index (χ1) is 13.5. The number of hydrogen-bond acceptors (Lipinski definition) is 6. The summed E-state index contributed by atoms with van der Waals surface area (Å²) in [6.45, 7) is 1.84. The van der Waals surface area contributed by atoms with Crippen LogP contribution in [0.1, 0.15) is 18.5 Å². The van der Waals surface area contributed by atoms with Crippen LogP contribution in [0.4, 0.5) is 5.69 Å². The fraction of sp³-hybridized carbons (Fsp3) is 0.238. The molecule has 6 nitrogen and oxygen atoms in total. The quantitative estimate of drug-likeness (QED) is 0.396. The summed E-state index contributed by atoms with van der Waals surface area (Å²) in [6, 6.07) is 14.7. The van der Waals surface area contributed by atoms with Crippen LogP contribution in [0.2, 0.25) is 0 Å². The number of amides is 1. The molecule has 0 aromatic heterocycles. The number of rotatable bonds is 8. The molecule has 1 unspecified atom stereocenters. The Kier molecular flexibility index (Phi) is 7.78. The summed E-state index contributed by atoms with van der Waals surface area (Å²) in [5.74, 6) is 0.727. The van der Waals surface area contributed by atoms with Crippen LogP contribution in [-0.4, -0.2) is 26.4 Å². The summed E-state index contributed by atoms with van der Waals surface area (Å²) in [5.41, 5.74) is 1.63. The van der Waals surface area contributed by atoms with E-state index in [1.54, 1.807) is 38.1 Å². The molecule has 0 radical (unpaired) electrons. The van der Waals surface area contributed by atoms with Gasteiger partial charge in [-0.15, -0.1) is 11.8 Å². The highest BCUT2D eigenvalue weighted by Gasteiger charge is 2.15. The van der Waals surface area contributed by atoms with Gasteiger partial charge in [0.2, 0.25) is 0 Å². The highest BCUT2D eigenvalue weighted by Crippen LogP contribution is 2.30. The number of thioether (sulfide) groups is 1. The van der Waals surface area contributed by atoms with Crippen LogP contribution in [0.15, 0.2) is 59.1 Å². The van der Waals surface area contributed by atoms with Crippen molar-refractivity contribution in [2.45, 2.75) is 17.9 Å². The van der Waals surface area contributed by atoms with Gasteiger partial charge in [-0.3, -0.25) is 4.79 Å². The lowest BCUT2D eigenvalue weighted by atomic mass is 10.1. The van der Waals surface area contributed by atoms with Crippen LogP contribution >= 0.6 is 11.8 Å². The predicted octanol–water partition coefficient (Wildman–Crippen LogP) is 4.12. The molecule has 0 aliphatic carbocycles. The third-order valence-electron chi connectivity index (χ3n) is 4.07. The molecule has 2 aromatic carbocycles. The molecule has 28 heavy (non-hydrogen) atoms. The first kappa shape index (κ1) is 21.2. The molecule has 1 amide bonds. The van der Waals surface area contributed by atoms with Gasteiger partial charge in [-0.1, -0.05) is 12.1 Å². The van der Waals surface area contributed by atoms with Crippen LogP contribution in [0, 0.1) is 11.3 Å². The van der Waals surface area contributed by atoms with E-state index in [4.69, 9.17) is 9.47 Å². The molecule has 0 saturated carbocycles. The van der Waals surface area contributed by atoms with Crippen molar-refractivity contribution in [2.24, 2.45) is 0 Å². The summed E-state index contributed by atoms with van der Waals surface area (Å²) in [5, 5.41) is 15.2. The Morgan fingerprint density at radius 3 is 2.57 bits per heavy atom. The smallest absolute Gasteiger partial charge is 0.263 e. The number of anilines is 1. The van der Waals surface area contributed by atoms with Gasteiger partial charge in [0.25, 0.3) is 5.91 Å². The van der Waals surface area contributed by atoms with Crippen molar-refractivity contribution >= 4 is 23.4 Å². The Balaban J connectivity index is 2.09. The van der Waals surface area contributed by atoms with Gasteiger partial charge in [0, 0.05) is 16.8 Å². The zero-order chi connectivity index (χ0) is 20.5. The van der Waals surface area contributed by atoms with E-state index >= 15 is 0 Å². The van der Waals surface area contributed by atoms with Gasteiger partial charge in [-0.05, 0) is 49.1 Å².